The number of hydrogen-bond acceptors (Lipinski definition) is 8. The number of carbonyl (C=O) groups is 6. The third kappa shape index (κ3) is 10.5. The van der Waals surface area contributed by atoms with Crippen molar-refractivity contribution in [1.29, 1.82) is 0 Å². The van der Waals surface area contributed by atoms with Crippen LogP contribution >= 0.6 is 0 Å². The largest absolute Gasteiger partial charge is 0.481 e. The minimum absolute atomic E-state index is 0.124. The molecule has 1 aromatic heterocycles. The number of aromatic amines is 1. The third-order valence-corrected chi connectivity index (χ3v) is 6.30. The van der Waals surface area contributed by atoms with Crippen LogP contribution in [0.2, 0.25) is 0 Å². The Kier molecular flexibility index (Phi) is 12.7. The average molecular weight is 577 g/mol. The Morgan fingerprint density at radius 2 is 1.41 bits per heavy atom. The Bertz CT molecular complexity index is 1250. The smallest absolute Gasteiger partial charge is 0.326 e. The maximum Gasteiger partial charge on any atom is 0.326 e. The van der Waals surface area contributed by atoms with E-state index in [1.807, 2.05) is 29.6 Å². The first-order chi connectivity index (χ1) is 19.4. The Morgan fingerprint density at radius 1 is 0.805 bits per heavy atom. The Morgan fingerprint density at radius 3 is 2.02 bits per heavy atom. The summed E-state index contributed by atoms with van der Waals surface area (Å²) in [6.45, 7) is 0.326. The van der Waals surface area contributed by atoms with Gasteiger partial charge in [0.25, 0.3) is 0 Å². The molecule has 15 nitrogen and oxygen atoms in total. The van der Waals surface area contributed by atoms with E-state index in [2.05, 4.69) is 15.6 Å². The number of para-hydroxylation sites is 1. The maximum atomic E-state index is 13.2. The van der Waals surface area contributed by atoms with E-state index >= 15 is 0 Å². The van der Waals surface area contributed by atoms with E-state index in [1.165, 1.54) is 0 Å². The molecule has 0 aliphatic rings. The van der Waals surface area contributed by atoms with Crippen molar-refractivity contribution in [3.63, 3.8) is 0 Å². The summed E-state index contributed by atoms with van der Waals surface area (Å²) >= 11 is 0. The van der Waals surface area contributed by atoms with Gasteiger partial charge in [0.1, 0.15) is 18.1 Å². The molecule has 15 heteroatoms. The van der Waals surface area contributed by atoms with Crippen LogP contribution in [0, 0.1) is 0 Å². The van der Waals surface area contributed by atoms with E-state index in [0.717, 1.165) is 16.5 Å². The molecule has 0 radical (unpaired) electrons. The average Bonchev–Trinajstić information content (AvgIpc) is 3.32. The maximum absolute atomic E-state index is 13.2. The molecule has 2 rings (SSSR count). The van der Waals surface area contributed by atoms with Gasteiger partial charge in [-0.1, -0.05) is 18.2 Å². The first kappa shape index (κ1) is 32.7. The highest BCUT2D eigenvalue weighted by Crippen LogP contribution is 2.19. The number of aliphatic carboxylic acids is 3. The third-order valence-electron chi connectivity index (χ3n) is 6.30. The number of carboxylic acids is 3. The number of rotatable bonds is 18. The molecule has 0 fully saturated rings. The first-order valence-corrected chi connectivity index (χ1v) is 13.0. The molecule has 4 unspecified atom stereocenters. The van der Waals surface area contributed by atoms with Crippen LogP contribution in [0.3, 0.4) is 0 Å². The summed E-state index contributed by atoms with van der Waals surface area (Å²) in [4.78, 5) is 75.5. The van der Waals surface area contributed by atoms with Gasteiger partial charge in [-0.2, -0.15) is 0 Å². The van der Waals surface area contributed by atoms with Gasteiger partial charge >= 0.3 is 17.9 Å². The lowest BCUT2D eigenvalue weighted by Crippen LogP contribution is -2.57. The van der Waals surface area contributed by atoms with Crippen LogP contribution in [0.1, 0.15) is 44.1 Å². The van der Waals surface area contributed by atoms with Crippen molar-refractivity contribution in [2.45, 2.75) is 69.1 Å². The van der Waals surface area contributed by atoms with Crippen LogP contribution in [0.15, 0.2) is 30.5 Å². The second kappa shape index (κ2) is 15.9. The standard InChI is InChI=1S/C26H36N6O9/c27-10-4-3-7-18(30-23(37)16(28)11-14-13-29-17-6-2-1-5-15(14)17)24(38)31-19(8-9-21(33)34)25(39)32-20(26(40)41)12-22(35)36/h1-2,5-6,13,16,18-20,29H,3-4,7-12,27-28H2,(H,30,37)(H,31,38)(H,32,39)(H,33,34)(H,35,36)(H,40,41). The molecule has 2 aromatic rings. The molecular weight excluding hydrogens is 540 g/mol. The van der Waals surface area contributed by atoms with Crippen LogP contribution in [0.25, 0.3) is 10.9 Å². The number of amides is 3. The normalized spacial score (nSPS) is 13.9. The van der Waals surface area contributed by atoms with E-state index in [1.54, 1.807) is 6.20 Å². The van der Waals surface area contributed by atoms with Gasteiger partial charge in [-0.15, -0.1) is 0 Å². The molecule has 1 heterocycles. The van der Waals surface area contributed by atoms with E-state index in [0.29, 0.717) is 19.4 Å². The van der Waals surface area contributed by atoms with Crippen molar-refractivity contribution in [3.05, 3.63) is 36.0 Å². The molecular formula is C26H36N6O9. The number of unbranched alkanes of at least 4 members (excludes halogenated alkanes) is 1. The molecule has 41 heavy (non-hydrogen) atoms. The van der Waals surface area contributed by atoms with Crippen LogP contribution < -0.4 is 27.4 Å². The highest BCUT2D eigenvalue weighted by molar-refractivity contribution is 5.95. The zero-order valence-electron chi connectivity index (χ0n) is 22.3. The summed E-state index contributed by atoms with van der Waals surface area (Å²) in [7, 11) is 0. The fourth-order valence-corrected chi connectivity index (χ4v) is 4.13. The highest BCUT2D eigenvalue weighted by Gasteiger charge is 2.31. The van der Waals surface area contributed by atoms with Crippen molar-refractivity contribution < 1.29 is 44.1 Å². The van der Waals surface area contributed by atoms with E-state index in [4.69, 9.17) is 21.7 Å². The van der Waals surface area contributed by atoms with E-state index in [-0.39, 0.29) is 12.8 Å². The lowest BCUT2D eigenvalue weighted by molar-refractivity contribution is -0.147. The van der Waals surface area contributed by atoms with Gasteiger partial charge in [0.2, 0.25) is 17.7 Å². The molecule has 0 saturated carbocycles. The Labute approximate surface area is 235 Å². The van der Waals surface area contributed by atoms with Crippen LogP contribution in [0.4, 0.5) is 0 Å². The lowest BCUT2D eigenvalue weighted by Gasteiger charge is -2.25. The second-order valence-corrected chi connectivity index (χ2v) is 9.51. The van der Waals surface area contributed by atoms with Gasteiger partial charge < -0.3 is 47.7 Å². The minimum Gasteiger partial charge on any atom is -0.481 e. The summed E-state index contributed by atoms with van der Waals surface area (Å²) in [5.41, 5.74) is 13.4. The number of benzene rings is 1. The molecule has 0 spiro atoms. The lowest BCUT2D eigenvalue weighted by atomic mass is 10.0. The predicted molar refractivity (Wildman–Crippen MR) is 145 cm³/mol. The summed E-state index contributed by atoms with van der Waals surface area (Å²) in [6.07, 6.45) is 1.06. The highest BCUT2D eigenvalue weighted by atomic mass is 16.4. The topological polar surface area (TPSA) is 267 Å². The van der Waals surface area contributed by atoms with Gasteiger partial charge in [0, 0.05) is 23.5 Å². The summed E-state index contributed by atoms with van der Waals surface area (Å²) < 4.78 is 0. The summed E-state index contributed by atoms with van der Waals surface area (Å²) in [6, 6.07) is 1.92. The number of nitrogens with one attached hydrogen (secondary N) is 4. The molecule has 0 saturated heterocycles. The molecule has 11 N–H and O–H groups in total. The second-order valence-electron chi connectivity index (χ2n) is 9.51. The monoisotopic (exact) mass is 576 g/mol. The van der Waals surface area contributed by atoms with Gasteiger partial charge in [-0.05, 0) is 50.3 Å². The van der Waals surface area contributed by atoms with Gasteiger partial charge in [0.05, 0.1) is 12.5 Å². The zero-order valence-corrected chi connectivity index (χ0v) is 22.3. The molecule has 0 aliphatic heterocycles. The predicted octanol–water partition coefficient (Wildman–Crippen LogP) is -0.955. The fourth-order valence-electron chi connectivity index (χ4n) is 4.13. The summed E-state index contributed by atoms with van der Waals surface area (Å²) in [5.74, 6) is -6.95. The number of carboxylic acid groups (broad SMARTS) is 3. The number of H-pyrrole nitrogens is 1. The summed E-state index contributed by atoms with van der Waals surface area (Å²) in [5, 5.41) is 35.1. The van der Waals surface area contributed by atoms with Crippen molar-refractivity contribution in [3.8, 4) is 0 Å². The van der Waals surface area contributed by atoms with Gasteiger partial charge in [-0.3, -0.25) is 24.0 Å². The minimum atomic E-state index is -1.81. The fraction of sp³-hybridized carbons (Fsp3) is 0.462. The zero-order chi connectivity index (χ0) is 30.5. The first-order valence-electron chi connectivity index (χ1n) is 13.0. The SMILES string of the molecule is NCCCCC(NC(=O)C(N)Cc1c[nH]c2ccccc12)C(=O)NC(CCC(=O)O)C(=O)NC(CC(=O)O)C(=O)O. The molecule has 0 bridgehead atoms. The quantitative estimate of drug-likeness (QED) is 0.0976. The van der Waals surface area contributed by atoms with Crippen LogP contribution in [-0.2, 0) is 35.2 Å². The molecule has 1 aromatic carbocycles. The van der Waals surface area contributed by atoms with Crippen molar-refractivity contribution in [2.75, 3.05) is 6.54 Å². The van der Waals surface area contributed by atoms with Gasteiger partial charge in [-0.25, -0.2) is 4.79 Å². The van der Waals surface area contributed by atoms with Crippen molar-refractivity contribution in [2.24, 2.45) is 11.5 Å². The Hall–Kier alpha value is -4.50. The van der Waals surface area contributed by atoms with E-state index < -0.39 is 79.1 Å². The van der Waals surface area contributed by atoms with Crippen LogP contribution in [0.5, 0.6) is 0 Å². The molecule has 224 valence electrons. The molecule has 0 aliphatic carbocycles. The van der Waals surface area contributed by atoms with E-state index in [9.17, 15) is 33.9 Å². The molecule has 3 amide bonds. The number of aromatic nitrogens is 1. The number of hydrogen-bond donors (Lipinski definition) is 9. The van der Waals surface area contributed by atoms with Crippen LogP contribution in [-0.4, -0.2) is 86.6 Å². The number of nitrogens with two attached hydrogens (primary N) is 2. The van der Waals surface area contributed by atoms with Gasteiger partial charge in [0.15, 0.2) is 0 Å². The van der Waals surface area contributed by atoms with Crippen molar-refractivity contribution in [1.82, 2.24) is 20.9 Å². The van der Waals surface area contributed by atoms with Crippen molar-refractivity contribution >= 4 is 46.5 Å². The molecule has 4 atom stereocenters. The number of fused-ring (bicyclic) bond motifs is 1. The number of carbonyl (C=O) groups excluding carboxylic acids is 3. The Balaban J connectivity index is 2.16.